The van der Waals surface area contributed by atoms with E-state index in [9.17, 15) is 0 Å². The van der Waals surface area contributed by atoms with Gasteiger partial charge in [-0.25, -0.2) is 0 Å². The molecular weight excluding hydrogens is 333 g/mol. The Kier molecular flexibility index (Phi) is 7.06. The number of hydrogen-bond acceptors (Lipinski definition) is 2. The first-order valence-electron chi connectivity index (χ1n) is 8.17. The maximum absolute atomic E-state index is 6.08. The molecule has 5 nitrogen and oxygen atoms in total. The van der Waals surface area contributed by atoms with E-state index in [1.165, 1.54) is 25.9 Å². The Labute approximate surface area is 149 Å². The Balaban J connectivity index is 1.75. The molecule has 2 rings (SSSR count). The van der Waals surface area contributed by atoms with Gasteiger partial charge in [0.25, 0.3) is 0 Å². The average Bonchev–Trinajstić information content (AvgIpc) is 3.12. The second kappa shape index (κ2) is 8.81. The molecule has 1 fully saturated rings. The van der Waals surface area contributed by atoms with Crippen LogP contribution in [0.5, 0.6) is 0 Å². The van der Waals surface area contributed by atoms with E-state index >= 15 is 0 Å². The first-order chi connectivity index (χ1) is 11.0. The van der Waals surface area contributed by atoms with Crippen LogP contribution in [0, 0.1) is 5.92 Å². The summed E-state index contributed by atoms with van der Waals surface area (Å²) in [5.41, 5.74) is 1.02. The first kappa shape index (κ1) is 18.4. The fourth-order valence-corrected chi connectivity index (χ4v) is 3.31. The third-order valence-corrected chi connectivity index (χ3v) is 5.10. The Morgan fingerprint density at radius 1 is 1.30 bits per heavy atom. The molecule has 130 valence electrons. The molecule has 0 spiro atoms. The van der Waals surface area contributed by atoms with E-state index in [0.29, 0.717) is 22.6 Å². The van der Waals surface area contributed by atoms with Gasteiger partial charge < -0.3 is 20.1 Å². The molecule has 0 aliphatic carbocycles. The number of hydrogen-bond donors (Lipinski definition) is 2. The van der Waals surface area contributed by atoms with E-state index < -0.39 is 0 Å². The number of nitrogens with zero attached hydrogens (tertiary/aromatic N) is 3. The molecule has 1 atom stereocenters. The third-order valence-electron chi connectivity index (χ3n) is 4.26. The van der Waals surface area contributed by atoms with Crippen molar-refractivity contribution >= 4 is 29.2 Å². The van der Waals surface area contributed by atoms with Gasteiger partial charge in [-0.1, -0.05) is 30.1 Å². The lowest BCUT2D eigenvalue weighted by atomic mass is 10.1. The predicted molar refractivity (Wildman–Crippen MR) is 98.5 cm³/mol. The van der Waals surface area contributed by atoms with Gasteiger partial charge in [0.2, 0.25) is 0 Å². The van der Waals surface area contributed by atoms with Crippen LogP contribution in [0.3, 0.4) is 0 Å². The molecule has 23 heavy (non-hydrogen) atoms. The van der Waals surface area contributed by atoms with E-state index in [2.05, 4.69) is 27.4 Å². The molecule has 1 aliphatic heterocycles. The summed E-state index contributed by atoms with van der Waals surface area (Å²) in [7, 11) is 3.69. The second-order valence-electron chi connectivity index (χ2n) is 6.25. The van der Waals surface area contributed by atoms with Gasteiger partial charge in [-0.3, -0.25) is 4.99 Å². The summed E-state index contributed by atoms with van der Waals surface area (Å²) in [6.45, 7) is 7.44. The monoisotopic (exact) mass is 359 g/mol. The van der Waals surface area contributed by atoms with E-state index in [0.717, 1.165) is 24.7 Å². The van der Waals surface area contributed by atoms with Gasteiger partial charge in [-0.05, 0) is 37.9 Å². The summed E-state index contributed by atoms with van der Waals surface area (Å²) in [5, 5.41) is 7.83. The quantitative estimate of drug-likeness (QED) is 0.606. The number of guanidine groups is 1. The molecule has 0 amide bonds. The maximum Gasteiger partial charge on any atom is 0.191 e. The summed E-state index contributed by atoms with van der Waals surface area (Å²) < 4.78 is 1.88. The normalized spacial score (nSPS) is 17.5. The minimum Gasteiger partial charge on any atom is -0.356 e. The van der Waals surface area contributed by atoms with Gasteiger partial charge in [0.15, 0.2) is 5.96 Å². The first-order valence-corrected chi connectivity index (χ1v) is 8.93. The van der Waals surface area contributed by atoms with Crippen LogP contribution in [0.4, 0.5) is 0 Å². The standard InChI is InChI=1S/C16H27Cl2N5/c1-12(11-23-6-4-5-7-23)9-20-16(19-2)21-10-13-8-14(17)15(18)22(13)3/h8,12H,4-7,9-11H2,1-3H3,(H2,19,20,21). The molecule has 2 heterocycles. The van der Waals surface area contributed by atoms with Crippen molar-refractivity contribution < 1.29 is 0 Å². The van der Waals surface area contributed by atoms with Gasteiger partial charge in [0.05, 0.1) is 11.6 Å². The molecule has 7 heteroatoms. The maximum atomic E-state index is 6.08. The number of halogens is 2. The Morgan fingerprint density at radius 3 is 2.57 bits per heavy atom. The van der Waals surface area contributed by atoms with Crippen molar-refractivity contribution in [1.82, 2.24) is 20.1 Å². The molecule has 1 unspecified atom stereocenters. The van der Waals surface area contributed by atoms with Crippen LogP contribution in [0.25, 0.3) is 0 Å². The minimum absolute atomic E-state index is 0.561. The molecule has 1 saturated heterocycles. The van der Waals surface area contributed by atoms with Gasteiger partial charge in [-0.2, -0.15) is 0 Å². The summed E-state index contributed by atoms with van der Waals surface area (Å²) in [6.07, 6.45) is 2.68. The van der Waals surface area contributed by atoms with Gasteiger partial charge in [0, 0.05) is 32.9 Å². The fourth-order valence-electron chi connectivity index (χ4n) is 2.89. The van der Waals surface area contributed by atoms with Crippen LogP contribution < -0.4 is 10.6 Å². The lowest BCUT2D eigenvalue weighted by Crippen LogP contribution is -2.41. The molecule has 0 radical (unpaired) electrons. The number of rotatable bonds is 6. The third kappa shape index (κ3) is 5.30. The lowest BCUT2D eigenvalue weighted by molar-refractivity contribution is 0.287. The fraction of sp³-hybridized carbons (Fsp3) is 0.688. The van der Waals surface area contributed by atoms with Crippen molar-refractivity contribution in [1.29, 1.82) is 0 Å². The predicted octanol–water partition coefficient (Wildman–Crippen LogP) is 2.73. The van der Waals surface area contributed by atoms with Gasteiger partial charge >= 0.3 is 0 Å². The van der Waals surface area contributed by atoms with Crippen LogP contribution in [-0.2, 0) is 13.6 Å². The largest absolute Gasteiger partial charge is 0.356 e. The van der Waals surface area contributed by atoms with Crippen LogP contribution in [-0.4, -0.2) is 48.7 Å². The smallest absolute Gasteiger partial charge is 0.191 e. The van der Waals surface area contributed by atoms with Crippen LogP contribution in [0.1, 0.15) is 25.5 Å². The molecule has 1 aromatic heterocycles. The number of nitrogens with one attached hydrogen (secondary N) is 2. The molecule has 0 bridgehead atoms. The van der Waals surface area contributed by atoms with Crippen molar-refractivity contribution in [2.45, 2.75) is 26.3 Å². The lowest BCUT2D eigenvalue weighted by Gasteiger charge is -2.21. The Hall–Kier alpha value is -0.910. The zero-order valence-corrected chi connectivity index (χ0v) is 15.7. The van der Waals surface area contributed by atoms with Crippen molar-refractivity contribution in [2.75, 3.05) is 33.2 Å². The summed E-state index contributed by atoms with van der Waals surface area (Å²) in [4.78, 5) is 6.81. The van der Waals surface area contributed by atoms with Crippen LogP contribution in [0.2, 0.25) is 10.2 Å². The van der Waals surface area contributed by atoms with E-state index in [1.807, 2.05) is 17.7 Å². The topological polar surface area (TPSA) is 44.6 Å². The van der Waals surface area contributed by atoms with Crippen LogP contribution >= 0.6 is 23.2 Å². The van der Waals surface area contributed by atoms with E-state index in [1.54, 1.807) is 7.05 Å². The number of aliphatic imine (C=N–C) groups is 1. The highest BCUT2D eigenvalue weighted by atomic mass is 35.5. The van der Waals surface area contributed by atoms with E-state index in [-0.39, 0.29) is 0 Å². The number of likely N-dealkylation sites (tertiary alicyclic amines) is 1. The molecule has 0 aromatic carbocycles. The molecule has 1 aromatic rings. The molecule has 1 aliphatic rings. The zero-order valence-electron chi connectivity index (χ0n) is 14.2. The van der Waals surface area contributed by atoms with Gasteiger partial charge in [0.1, 0.15) is 5.15 Å². The average molecular weight is 360 g/mol. The highest BCUT2D eigenvalue weighted by Gasteiger charge is 2.15. The van der Waals surface area contributed by atoms with E-state index in [4.69, 9.17) is 23.2 Å². The molecule has 2 N–H and O–H groups in total. The van der Waals surface area contributed by atoms with Crippen molar-refractivity contribution in [3.05, 3.63) is 21.9 Å². The van der Waals surface area contributed by atoms with Crippen molar-refractivity contribution in [3.63, 3.8) is 0 Å². The molecule has 0 saturated carbocycles. The Morgan fingerprint density at radius 2 is 2.00 bits per heavy atom. The van der Waals surface area contributed by atoms with Crippen LogP contribution in [0.15, 0.2) is 11.1 Å². The summed E-state index contributed by atoms with van der Waals surface area (Å²) >= 11 is 12.1. The minimum atomic E-state index is 0.561. The van der Waals surface area contributed by atoms with Crippen molar-refractivity contribution in [2.24, 2.45) is 18.0 Å². The zero-order chi connectivity index (χ0) is 16.8. The van der Waals surface area contributed by atoms with Crippen molar-refractivity contribution in [3.8, 4) is 0 Å². The second-order valence-corrected chi connectivity index (χ2v) is 7.02. The van der Waals surface area contributed by atoms with Gasteiger partial charge in [-0.15, -0.1) is 0 Å². The summed E-state index contributed by atoms with van der Waals surface area (Å²) in [6, 6.07) is 1.88. The highest BCUT2D eigenvalue weighted by molar-refractivity contribution is 6.41. The SMILES string of the molecule is CN=C(NCc1cc(Cl)c(Cl)n1C)NCC(C)CN1CCCC1. The molecular formula is C16H27Cl2N5. The summed E-state index contributed by atoms with van der Waals surface area (Å²) in [5.74, 6) is 1.39. The Bertz CT molecular complexity index is 535. The highest BCUT2D eigenvalue weighted by Crippen LogP contribution is 2.24. The number of aromatic nitrogens is 1.